The van der Waals surface area contributed by atoms with Crippen molar-refractivity contribution in [3.8, 4) is 0 Å². The van der Waals surface area contributed by atoms with Crippen molar-refractivity contribution in [1.82, 2.24) is 4.90 Å². The van der Waals surface area contributed by atoms with Gasteiger partial charge in [0, 0.05) is 23.9 Å². The molecule has 2 rings (SSSR count). The average molecular weight is 347 g/mol. The first-order valence-electron chi connectivity index (χ1n) is 7.25. The number of nitrogens with one attached hydrogen (secondary N) is 1. The van der Waals surface area contributed by atoms with Gasteiger partial charge in [-0.15, -0.1) is 23.7 Å². The Hall–Kier alpha value is -1.11. The van der Waals surface area contributed by atoms with Gasteiger partial charge in [0.2, 0.25) is 5.91 Å². The standard InChI is InChI=1S/C15H22N2O3S.ClH/c1-5-20-15(19)12-10-6-7-17(4)8-11(10)21-14(12)16-13(18)9(2)3;/h9H,5-8H2,1-4H3,(H,16,18);1H. The smallest absolute Gasteiger partial charge is 0.341 e. The summed E-state index contributed by atoms with van der Waals surface area (Å²) in [4.78, 5) is 27.6. The average Bonchev–Trinajstić information content (AvgIpc) is 2.75. The third-order valence-corrected chi connectivity index (χ3v) is 4.62. The largest absolute Gasteiger partial charge is 0.462 e. The van der Waals surface area contributed by atoms with Crippen LogP contribution in [0.5, 0.6) is 0 Å². The minimum absolute atomic E-state index is 0. The number of ether oxygens (including phenoxy) is 1. The van der Waals surface area contributed by atoms with E-state index in [9.17, 15) is 9.59 Å². The second-order valence-corrected chi connectivity index (χ2v) is 6.67. The Morgan fingerprint density at radius 1 is 1.41 bits per heavy atom. The number of halogens is 1. The van der Waals surface area contributed by atoms with Crippen LogP contribution >= 0.6 is 23.7 Å². The first kappa shape index (κ1) is 18.9. The number of nitrogens with zero attached hydrogens (tertiary/aromatic N) is 1. The number of carbonyl (C=O) groups is 2. The van der Waals surface area contributed by atoms with E-state index in [0.29, 0.717) is 17.2 Å². The Kier molecular flexibility index (Phi) is 6.84. The summed E-state index contributed by atoms with van der Waals surface area (Å²) in [7, 11) is 2.05. The Labute approximate surface area is 141 Å². The highest BCUT2D eigenvalue weighted by Gasteiger charge is 2.28. The highest BCUT2D eigenvalue weighted by atomic mass is 35.5. The van der Waals surface area contributed by atoms with E-state index in [1.54, 1.807) is 6.92 Å². The highest BCUT2D eigenvalue weighted by Crippen LogP contribution is 2.37. The molecule has 0 aliphatic carbocycles. The predicted molar refractivity (Wildman–Crippen MR) is 91.0 cm³/mol. The minimum atomic E-state index is -0.335. The molecule has 7 heteroatoms. The molecule has 0 atom stereocenters. The lowest BCUT2D eigenvalue weighted by Crippen LogP contribution is -2.26. The topological polar surface area (TPSA) is 58.6 Å². The second kappa shape index (κ2) is 7.94. The summed E-state index contributed by atoms with van der Waals surface area (Å²) in [5, 5.41) is 3.51. The van der Waals surface area contributed by atoms with Gasteiger partial charge in [-0.05, 0) is 26.0 Å². The van der Waals surface area contributed by atoms with E-state index in [1.165, 1.54) is 11.3 Å². The Morgan fingerprint density at radius 3 is 2.68 bits per heavy atom. The van der Waals surface area contributed by atoms with Crippen LogP contribution in [-0.4, -0.2) is 37.0 Å². The van der Waals surface area contributed by atoms with Crippen LogP contribution in [0, 0.1) is 5.92 Å². The lowest BCUT2D eigenvalue weighted by atomic mass is 10.0. The summed E-state index contributed by atoms with van der Waals surface area (Å²) in [6, 6.07) is 0. The molecule has 2 heterocycles. The Bertz CT molecular complexity index is 557. The van der Waals surface area contributed by atoms with Crippen molar-refractivity contribution >= 4 is 40.6 Å². The van der Waals surface area contributed by atoms with Crippen molar-refractivity contribution in [3.63, 3.8) is 0 Å². The van der Waals surface area contributed by atoms with Crippen LogP contribution in [0.2, 0.25) is 0 Å². The second-order valence-electron chi connectivity index (χ2n) is 5.56. The summed E-state index contributed by atoms with van der Waals surface area (Å²) in [5.41, 5.74) is 1.59. The van der Waals surface area contributed by atoms with Crippen LogP contribution in [0.15, 0.2) is 0 Å². The quantitative estimate of drug-likeness (QED) is 0.851. The van der Waals surface area contributed by atoms with Gasteiger partial charge in [0.1, 0.15) is 5.00 Å². The van der Waals surface area contributed by atoms with Crippen molar-refractivity contribution in [2.24, 2.45) is 5.92 Å². The molecule has 0 radical (unpaired) electrons. The first-order chi connectivity index (χ1) is 9.93. The van der Waals surface area contributed by atoms with E-state index in [4.69, 9.17) is 4.74 Å². The molecule has 0 unspecified atom stereocenters. The number of amides is 1. The summed E-state index contributed by atoms with van der Waals surface area (Å²) < 4.78 is 5.16. The fraction of sp³-hybridized carbons (Fsp3) is 0.600. The number of esters is 1. The fourth-order valence-electron chi connectivity index (χ4n) is 2.29. The lowest BCUT2D eigenvalue weighted by Gasteiger charge is -2.22. The maximum absolute atomic E-state index is 12.3. The molecule has 1 aliphatic rings. The summed E-state index contributed by atoms with van der Waals surface area (Å²) in [6.45, 7) is 7.51. The van der Waals surface area contributed by atoms with E-state index in [2.05, 4.69) is 17.3 Å². The van der Waals surface area contributed by atoms with Crippen molar-refractivity contribution in [2.75, 3.05) is 25.5 Å². The molecule has 5 nitrogen and oxygen atoms in total. The van der Waals surface area contributed by atoms with Crippen molar-refractivity contribution in [2.45, 2.75) is 33.7 Å². The fourth-order valence-corrected chi connectivity index (χ4v) is 3.61. The molecular weight excluding hydrogens is 324 g/mol. The summed E-state index contributed by atoms with van der Waals surface area (Å²) in [6.07, 6.45) is 0.814. The highest BCUT2D eigenvalue weighted by molar-refractivity contribution is 7.17. The maximum Gasteiger partial charge on any atom is 0.341 e. The third kappa shape index (κ3) is 4.00. The van der Waals surface area contributed by atoms with Crippen LogP contribution in [0.3, 0.4) is 0 Å². The van der Waals surface area contributed by atoms with Crippen molar-refractivity contribution < 1.29 is 14.3 Å². The predicted octanol–water partition coefficient (Wildman–Crippen LogP) is 2.93. The summed E-state index contributed by atoms with van der Waals surface area (Å²) >= 11 is 1.49. The lowest BCUT2D eigenvalue weighted by molar-refractivity contribution is -0.118. The molecule has 0 aromatic carbocycles. The SMILES string of the molecule is CCOC(=O)c1c(NC(=O)C(C)C)sc2c1CCN(C)C2.Cl. The number of hydrogen-bond donors (Lipinski definition) is 1. The number of likely N-dealkylation sites (N-methyl/N-ethyl adjacent to an activating group) is 1. The molecule has 0 spiro atoms. The zero-order valence-electron chi connectivity index (χ0n) is 13.4. The van der Waals surface area contributed by atoms with E-state index in [0.717, 1.165) is 30.0 Å². The normalized spacial score (nSPS) is 14.2. The van der Waals surface area contributed by atoms with Gasteiger partial charge >= 0.3 is 5.97 Å². The Balaban J connectivity index is 0.00000242. The molecule has 124 valence electrons. The molecule has 1 aliphatic heterocycles. The number of anilines is 1. The first-order valence-corrected chi connectivity index (χ1v) is 8.06. The molecular formula is C15H23ClN2O3S. The van der Waals surface area contributed by atoms with Crippen LogP contribution in [0.25, 0.3) is 0 Å². The molecule has 0 saturated carbocycles. The molecule has 1 amide bonds. The Morgan fingerprint density at radius 2 is 2.09 bits per heavy atom. The van der Waals surface area contributed by atoms with Gasteiger partial charge in [-0.25, -0.2) is 4.79 Å². The van der Waals surface area contributed by atoms with Gasteiger partial charge < -0.3 is 15.0 Å². The van der Waals surface area contributed by atoms with Gasteiger partial charge in [-0.3, -0.25) is 4.79 Å². The van der Waals surface area contributed by atoms with Gasteiger partial charge in [0.15, 0.2) is 0 Å². The number of fused-ring (bicyclic) bond motifs is 1. The van der Waals surface area contributed by atoms with Gasteiger partial charge in [0.25, 0.3) is 0 Å². The molecule has 0 saturated heterocycles. The molecule has 0 fully saturated rings. The number of hydrogen-bond acceptors (Lipinski definition) is 5. The van der Waals surface area contributed by atoms with Gasteiger partial charge in [-0.2, -0.15) is 0 Å². The van der Waals surface area contributed by atoms with Crippen LogP contribution in [-0.2, 0) is 22.5 Å². The number of rotatable bonds is 4. The zero-order valence-corrected chi connectivity index (χ0v) is 15.0. The van der Waals surface area contributed by atoms with E-state index < -0.39 is 0 Å². The molecule has 1 aromatic rings. The minimum Gasteiger partial charge on any atom is -0.462 e. The molecule has 1 aromatic heterocycles. The summed E-state index contributed by atoms with van der Waals surface area (Å²) in [5.74, 6) is -0.534. The van der Waals surface area contributed by atoms with E-state index in [-0.39, 0.29) is 30.2 Å². The maximum atomic E-state index is 12.3. The van der Waals surface area contributed by atoms with Gasteiger partial charge in [-0.1, -0.05) is 13.8 Å². The molecule has 0 bridgehead atoms. The van der Waals surface area contributed by atoms with Crippen molar-refractivity contribution in [3.05, 3.63) is 16.0 Å². The number of carbonyl (C=O) groups excluding carboxylic acids is 2. The van der Waals surface area contributed by atoms with Crippen LogP contribution < -0.4 is 5.32 Å². The van der Waals surface area contributed by atoms with Crippen LogP contribution in [0.1, 0.15) is 41.6 Å². The number of thiophene rings is 1. The van der Waals surface area contributed by atoms with E-state index in [1.807, 2.05) is 13.8 Å². The van der Waals surface area contributed by atoms with Crippen LogP contribution in [0.4, 0.5) is 5.00 Å². The van der Waals surface area contributed by atoms with Crippen molar-refractivity contribution in [1.29, 1.82) is 0 Å². The molecule has 1 N–H and O–H groups in total. The monoisotopic (exact) mass is 346 g/mol. The van der Waals surface area contributed by atoms with E-state index >= 15 is 0 Å². The molecule has 22 heavy (non-hydrogen) atoms. The third-order valence-electron chi connectivity index (χ3n) is 3.49. The van der Waals surface area contributed by atoms with Gasteiger partial charge in [0.05, 0.1) is 12.2 Å². The zero-order chi connectivity index (χ0) is 15.6.